The van der Waals surface area contributed by atoms with Crippen LogP contribution in [0.3, 0.4) is 0 Å². The van der Waals surface area contributed by atoms with E-state index in [4.69, 9.17) is 11.6 Å². The molecule has 0 saturated carbocycles. The van der Waals surface area contributed by atoms with E-state index in [2.05, 4.69) is 10.3 Å². The number of aryl methyl sites for hydroxylation is 1. The van der Waals surface area contributed by atoms with E-state index in [9.17, 15) is 18.0 Å². The fourth-order valence-corrected chi connectivity index (χ4v) is 2.91. The summed E-state index contributed by atoms with van der Waals surface area (Å²) in [6.07, 6.45) is 1.54. The largest absolute Gasteiger partial charge is 0.417 e. The first kappa shape index (κ1) is 20.7. The third-order valence-electron chi connectivity index (χ3n) is 4.22. The van der Waals surface area contributed by atoms with Crippen LogP contribution in [-0.2, 0) is 17.5 Å². The molecule has 29 heavy (non-hydrogen) atoms. The van der Waals surface area contributed by atoms with Gasteiger partial charge in [-0.3, -0.25) is 4.79 Å². The van der Waals surface area contributed by atoms with Crippen LogP contribution in [0.25, 0.3) is 6.08 Å². The van der Waals surface area contributed by atoms with Crippen molar-refractivity contribution in [3.8, 4) is 0 Å². The molecule has 2 aromatic carbocycles. The number of imidazole rings is 1. The van der Waals surface area contributed by atoms with Gasteiger partial charge in [-0.2, -0.15) is 13.2 Å². The van der Waals surface area contributed by atoms with E-state index in [0.717, 1.165) is 23.5 Å². The molecule has 0 aliphatic rings. The lowest BCUT2D eigenvalue weighted by atomic mass is 10.1. The fraction of sp³-hybridized carbons (Fsp3) is 0.143. The number of halogens is 4. The van der Waals surface area contributed by atoms with Crippen molar-refractivity contribution in [3.05, 3.63) is 88.5 Å². The number of anilines is 1. The second kappa shape index (κ2) is 8.53. The molecule has 3 rings (SSSR count). The minimum Gasteiger partial charge on any atom is -0.331 e. The van der Waals surface area contributed by atoms with Gasteiger partial charge < -0.3 is 9.88 Å². The van der Waals surface area contributed by atoms with Crippen LogP contribution >= 0.6 is 11.6 Å². The normalized spacial score (nSPS) is 11.8. The maximum Gasteiger partial charge on any atom is 0.417 e. The molecule has 8 heteroatoms. The van der Waals surface area contributed by atoms with E-state index in [1.54, 1.807) is 18.3 Å². The number of alkyl halides is 3. The summed E-state index contributed by atoms with van der Waals surface area (Å²) in [5.74, 6) is 0.454. The first-order chi connectivity index (χ1) is 13.7. The lowest BCUT2D eigenvalue weighted by Gasteiger charge is -2.09. The number of aromatic nitrogens is 2. The highest BCUT2D eigenvalue weighted by atomic mass is 35.5. The summed E-state index contributed by atoms with van der Waals surface area (Å²) < 4.78 is 40.7. The summed E-state index contributed by atoms with van der Waals surface area (Å²) in [6, 6.07) is 10.8. The molecule has 0 radical (unpaired) electrons. The van der Waals surface area contributed by atoms with Crippen LogP contribution < -0.4 is 5.32 Å². The van der Waals surface area contributed by atoms with E-state index < -0.39 is 17.6 Å². The summed E-state index contributed by atoms with van der Waals surface area (Å²) in [7, 11) is 0. The minimum atomic E-state index is -4.56. The molecular formula is C21H17ClF3N3O. The van der Waals surface area contributed by atoms with Gasteiger partial charge in [0.2, 0.25) is 5.91 Å². The standard InChI is InChI=1S/C21H17ClF3N3O/c1-14-26-10-11-28(14)13-16-2-6-17(7-3-16)27-20(29)9-5-15-4-8-19(22)18(12-15)21(23,24)25/h2-12H,13H2,1H3,(H,27,29)/b9-5+. The van der Waals surface area contributed by atoms with Gasteiger partial charge in [0.15, 0.2) is 0 Å². The maximum atomic E-state index is 12.9. The number of amides is 1. The summed E-state index contributed by atoms with van der Waals surface area (Å²) in [5, 5.41) is 2.29. The Morgan fingerprint density at radius 1 is 1.21 bits per heavy atom. The van der Waals surface area contributed by atoms with Gasteiger partial charge in [0.25, 0.3) is 0 Å². The summed E-state index contributed by atoms with van der Waals surface area (Å²) in [6.45, 7) is 2.58. The molecule has 0 spiro atoms. The zero-order valence-corrected chi connectivity index (χ0v) is 16.1. The predicted octanol–water partition coefficient (Wildman–Crippen LogP) is 5.56. The molecule has 0 fully saturated rings. The van der Waals surface area contributed by atoms with Crippen LogP contribution in [0.15, 0.2) is 60.9 Å². The van der Waals surface area contributed by atoms with Gasteiger partial charge in [0.05, 0.1) is 10.6 Å². The van der Waals surface area contributed by atoms with Crippen molar-refractivity contribution in [2.75, 3.05) is 5.32 Å². The molecule has 1 heterocycles. The number of carbonyl (C=O) groups is 1. The molecular weight excluding hydrogens is 403 g/mol. The molecule has 150 valence electrons. The van der Waals surface area contributed by atoms with E-state index in [1.165, 1.54) is 18.2 Å². The van der Waals surface area contributed by atoms with Gasteiger partial charge in [-0.15, -0.1) is 0 Å². The zero-order valence-electron chi connectivity index (χ0n) is 15.4. The van der Waals surface area contributed by atoms with Crippen molar-refractivity contribution in [2.24, 2.45) is 0 Å². The third kappa shape index (κ3) is 5.48. The SMILES string of the molecule is Cc1nccn1Cc1ccc(NC(=O)/C=C/c2ccc(Cl)c(C(F)(F)F)c2)cc1. The Kier molecular flexibility index (Phi) is 6.08. The molecule has 0 aliphatic carbocycles. The molecule has 0 bridgehead atoms. The zero-order chi connectivity index (χ0) is 21.0. The van der Waals surface area contributed by atoms with Crippen molar-refractivity contribution < 1.29 is 18.0 Å². The van der Waals surface area contributed by atoms with E-state index in [-0.39, 0.29) is 10.6 Å². The quantitative estimate of drug-likeness (QED) is 0.550. The van der Waals surface area contributed by atoms with Gasteiger partial charge in [0, 0.05) is 30.7 Å². The lowest BCUT2D eigenvalue weighted by molar-refractivity contribution is -0.137. The fourth-order valence-electron chi connectivity index (χ4n) is 2.68. The molecule has 0 atom stereocenters. The van der Waals surface area contributed by atoms with Gasteiger partial charge in [0.1, 0.15) is 5.82 Å². The number of nitrogens with one attached hydrogen (secondary N) is 1. The average molecular weight is 420 g/mol. The van der Waals surface area contributed by atoms with Crippen molar-refractivity contribution in [1.82, 2.24) is 9.55 Å². The molecule has 0 saturated heterocycles. The molecule has 3 aromatic rings. The number of hydrogen-bond donors (Lipinski definition) is 1. The highest BCUT2D eigenvalue weighted by Crippen LogP contribution is 2.35. The van der Waals surface area contributed by atoms with E-state index in [1.807, 2.05) is 29.8 Å². The maximum absolute atomic E-state index is 12.9. The van der Waals surface area contributed by atoms with Gasteiger partial charge in [-0.05, 0) is 48.4 Å². The Hall–Kier alpha value is -3.06. The number of rotatable bonds is 5. The van der Waals surface area contributed by atoms with Crippen LogP contribution in [0.4, 0.5) is 18.9 Å². The summed E-state index contributed by atoms with van der Waals surface area (Å²) in [4.78, 5) is 16.2. The molecule has 4 nitrogen and oxygen atoms in total. The molecule has 1 aromatic heterocycles. The topological polar surface area (TPSA) is 46.9 Å². The smallest absolute Gasteiger partial charge is 0.331 e. The second-order valence-electron chi connectivity index (χ2n) is 6.36. The van der Waals surface area contributed by atoms with Crippen LogP contribution in [0, 0.1) is 6.92 Å². The Balaban J connectivity index is 1.63. The molecule has 0 aliphatic heterocycles. The second-order valence-corrected chi connectivity index (χ2v) is 6.77. The Labute approximate surface area is 170 Å². The number of nitrogens with zero attached hydrogens (tertiary/aromatic N) is 2. The van der Waals surface area contributed by atoms with Gasteiger partial charge in [-0.1, -0.05) is 29.8 Å². The Morgan fingerprint density at radius 3 is 2.55 bits per heavy atom. The monoisotopic (exact) mass is 419 g/mol. The van der Waals surface area contributed by atoms with Crippen molar-refractivity contribution >= 4 is 29.3 Å². The van der Waals surface area contributed by atoms with Crippen molar-refractivity contribution in [2.45, 2.75) is 19.6 Å². The van der Waals surface area contributed by atoms with Crippen LogP contribution in [0.5, 0.6) is 0 Å². The number of carbonyl (C=O) groups excluding carboxylic acids is 1. The van der Waals surface area contributed by atoms with Crippen LogP contribution in [0.1, 0.15) is 22.5 Å². The minimum absolute atomic E-state index is 0.225. The van der Waals surface area contributed by atoms with Gasteiger partial charge >= 0.3 is 6.18 Å². The summed E-state index contributed by atoms with van der Waals surface area (Å²) >= 11 is 5.59. The third-order valence-corrected chi connectivity index (χ3v) is 4.55. The lowest BCUT2D eigenvalue weighted by Crippen LogP contribution is -2.08. The Bertz CT molecular complexity index is 1040. The van der Waals surface area contributed by atoms with Crippen molar-refractivity contribution in [3.63, 3.8) is 0 Å². The van der Waals surface area contributed by atoms with Crippen LogP contribution in [0.2, 0.25) is 5.02 Å². The van der Waals surface area contributed by atoms with Crippen molar-refractivity contribution in [1.29, 1.82) is 0 Å². The Morgan fingerprint density at radius 2 is 1.93 bits per heavy atom. The predicted molar refractivity (Wildman–Crippen MR) is 107 cm³/mol. The van der Waals surface area contributed by atoms with Gasteiger partial charge in [-0.25, -0.2) is 4.98 Å². The van der Waals surface area contributed by atoms with E-state index >= 15 is 0 Å². The molecule has 1 amide bonds. The highest BCUT2D eigenvalue weighted by Gasteiger charge is 2.33. The molecule has 0 unspecified atom stereocenters. The number of hydrogen-bond acceptors (Lipinski definition) is 2. The molecule has 1 N–H and O–H groups in total. The number of benzene rings is 2. The average Bonchev–Trinajstić information content (AvgIpc) is 3.06. The van der Waals surface area contributed by atoms with E-state index in [0.29, 0.717) is 12.2 Å². The van der Waals surface area contributed by atoms with Crippen LogP contribution in [-0.4, -0.2) is 15.5 Å². The first-order valence-corrected chi connectivity index (χ1v) is 9.02. The highest BCUT2D eigenvalue weighted by molar-refractivity contribution is 6.31. The summed E-state index contributed by atoms with van der Waals surface area (Å²) in [5.41, 5.74) is 0.909. The first-order valence-electron chi connectivity index (χ1n) is 8.65.